The standard InChI is InChI=1S/C21H26ClN3O4S/c1-15-8-10-19(11-9-15)25(30(4,28)29)14-20(26)24(16(2)21(27)23-3)13-17-6-5-7-18(22)12-17/h5-12,16H,13-14H2,1-4H3,(H,23,27)/t16-/m0/s1. The van der Waals surface area contributed by atoms with Gasteiger partial charge in [-0.15, -0.1) is 0 Å². The zero-order chi connectivity index (χ0) is 22.5. The van der Waals surface area contributed by atoms with Gasteiger partial charge >= 0.3 is 0 Å². The van der Waals surface area contributed by atoms with Crippen molar-refractivity contribution in [1.29, 1.82) is 0 Å². The molecule has 30 heavy (non-hydrogen) atoms. The van der Waals surface area contributed by atoms with Gasteiger partial charge in [0, 0.05) is 18.6 Å². The summed E-state index contributed by atoms with van der Waals surface area (Å²) in [5, 5.41) is 3.03. The maximum atomic E-state index is 13.2. The average Bonchev–Trinajstić information content (AvgIpc) is 2.69. The fraction of sp³-hybridized carbons (Fsp3) is 0.333. The summed E-state index contributed by atoms with van der Waals surface area (Å²) in [6, 6.07) is 13.0. The summed E-state index contributed by atoms with van der Waals surface area (Å²) in [4.78, 5) is 26.8. The molecule has 0 heterocycles. The number of aryl methyl sites for hydroxylation is 1. The lowest BCUT2D eigenvalue weighted by Crippen LogP contribution is -2.50. The Kier molecular flexibility index (Phi) is 7.86. The maximum Gasteiger partial charge on any atom is 0.244 e. The third kappa shape index (κ3) is 6.21. The van der Waals surface area contributed by atoms with Crippen LogP contribution in [0.5, 0.6) is 0 Å². The molecule has 0 saturated heterocycles. The largest absolute Gasteiger partial charge is 0.357 e. The van der Waals surface area contributed by atoms with Crippen LogP contribution in [0.3, 0.4) is 0 Å². The van der Waals surface area contributed by atoms with Crippen LogP contribution in [-0.4, -0.2) is 51.0 Å². The van der Waals surface area contributed by atoms with Crippen molar-refractivity contribution >= 4 is 39.1 Å². The van der Waals surface area contributed by atoms with Gasteiger partial charge in [-0.3, -0.25) is 13.9 Å². The summed E-state index contributed by atoms with van der Waals surface area (Å²) in [5.41, 5.74) is 2.08. The summed E-state index contributed by atoms with van der Waals surface area (Å²) in [7, 11) is -2.24. The zero-order valence-corrected chi connectivity index (χ0v) is 19.0. The van der Waals surface area contributed by atoms with Gasteiger partial charge in [0.2, 0.25) is 21.8 Å². The first kappa shape index (κ1) is 23.7. The number of hydrogen-bond acceptors (Lipinski definition) is 4. The van der Waals surface area contributed by atoms with Crippen LogP contribution in [0.25, 0.3) is 0 Å². The third-order valence-electron chi connectivity index (χ3n) is 4.66. The van der Waals surface area contributed by atoms with Gasteiger partial charge < -0.3 is 10.2 Å². The second-order valence-corrected chi connectivity index (χ2v) is 9.39. The van der Waals surface area contributed by atoms with E-state index < -0.39 is 28.5 Å². The monoisotopic (exact) mass is 451 g/mol. The van der Waals surface area contributed by atoms with Crippen molar-refractivity contribution in [3.8, 4) is 0 Å². The zero-order valence-electron chi connectivity index (χ0n) is 17.4. The Bertz CT molecular complexity index is 1010. The lowest BCUT2D eigenvalue weighted by atomic mass is 10.1. The highest BCUT2D eigenvalue weighted by molar-refractivity contribution is 7.92. The lowest BCUT2D eigenvalue weighted by Gasteiger charge is -2.31. The smallest absolute Gasteiger partial charge is 0.244 e. The molecule has 0 bridgehead atoms. The second kappa shape index (κ2) is 9.95. The summed E-state index contributed by atoms with van der Waals surface area (Å²) < 4.78 is 25.8. The Morgan fingerprint density at radius 1 is 1.13 bits per heavy atom. The van der Waals surface area contributed by atoms with Crippen LogP contribution in [-0.2, 0) is 26.2 Å². The van der Waals surface area contributed by atoms with Gasteiger partial charge in [0.25, 0.3) is 0 Å². The Labute approximate surface area is 182 Å². The molecular weight excluding hydrogens is 426 g/mol. The van der Waals surface area contributed by atoms with E-state index in [1.54, 1.807) is 55.5 Å². The average molecular weight is 452 g/mol. The minimum absolute atomic E-state index is 0.111. The molecule has 0 saturated carbocycles. The van der Waals surface area contributed by atoms with Gasteiger partial charge in [0.05, 0.1) is 11.9 Å². The predicted octanol–water partition coefficient (Wildman–Crippen LogP) is 2.58. The van der Waals surface area contributed by atoms with Crippen LogP contribution < -0.4 is 9.62 Å². The Morgan fingerprint density at radius 2 is 1.77 bits per heavy atom. The second-order valence-electron chi connectivity index (χ2n) is 7.05. The number of nitrogens with zero attached hydrogens (tertiary/aromatic N) is 2. The van der Waals surface area contributed by atoms with E-state index in [0.717, 1.165) is 21.7 Å². The lowest BCUT2D eigenvalue weighted by molar-refractivity contribution is -0.139. The molecule has 2 rings (SSSR count). The molecule has 2 aromatic carbocycles. The quantitative estimate of drug-likeness (QED) is 0.668. The van der Waals surface area contributed by atoms with Gasteiger partial charge in [0.15, 0.2) is 0 Å². The van der Waals surface area contributed by atoms with Crippen molar-refractivity contribution in [2.75, 3.05) is 24.2 Å². The summed E-state index contributed by atoms with van der Waals surface area (Å²) in [6.45, 7) is 3.17. The summed E-state index contributed by atoms with van der Waals surface area (Å²) >= 11 is 6.04. The minimum atomic E-state index is -3.73. The van der Waals surface area contributed by atoms with E-state index >= 15 is 0 Å². The molecule has 0 aromatic heterocycles. The fourth-order valence-corrected chi connectivity index (χ4v) is 4.01. The van der Waals surface area contributed by atoms with Crippen LogP contribution in [0.4, 0.5) is 5.69 Å². The molecule has 0 aliphatic carbocycles. The molecule has 0 spiro atoms. The van der Waals surface area contributed by atoms with Gasteiger partial charge in [-0.1, -0.05) is 41.4 Å². The molecule has 2 amide bonds. The highest BCUT2D eigenvalue weighted by Gasteiger charge is 2.29. The third-order valence-corrected chi connectivity index (χ3v) is 6.03. The molecule has 7 nitrogen and oxygen atoms in total. The highest BCUT2D eigenvalue weighted by atomic mass is 35.5. The van der Waals surface area contributed by atoms with Gasteiger partial charge in [-0.25, -0.2) is 8.42 Å². The van der Waals surface area contributed by atoms with E-state index in [1.807, 2.05) is 6.92 Å². The molecule has 0 fully saturated rings. The number of anilines is 1. The van der Waals surface area contributed by atoms with Crippen molar-refractivity contribution in [3.05, 3.63) is 64.7 Å². The van der Waals surface area contributed by atoms with Gasteiger partial charge in [-0.2, -0.15) is 0 Å². The highest BCUT2D eigenvalue weighted by Crippen LogP contribution is 2.20. The molecule has 0 aliphatic rings. The molecule has 1 N–H and O–H groups in total. The van der Waals surface area contributed by atoms with Crippen molar-refractivity contribution in [3.63, 3.8) is 0 Å². The van der Waals surface area contributed by atoms with Crippen LogP contribution in [0.2, 0.25) is 5.02 Å². The first-order valence-corrected chi connectivity index (χ1v) is 11.6. The number of hydrogen-bond donors (Lipinski definition) is 1. The van der Waals surface area contributed by atoms with Crippen LogP contribution >= 0.6 is 11.6 Å². The van der Waals surface area contributed by atoms with Gasteiger partial charge in [-0.05, 0) is 43.7 Å². The molecule has 0 aliphatic heterocycles. The SMILES string of the molecule is CNC(=O)[C@H](C)N(Cc1cccc(Cl)c1)C(=O)CN(c1ccc(C)cc1)S(C)(=O)=O. The van der Waals surface area contributed by atoms with E-state index in [4.69, 9.17) is 11.6 Å². The molecular formula is C21H26ClN3O4S. The molecule has 0 unspecified atom stereocenters. The molecule has 2 aromatic rings. The van der Waals surface area contributed by atoms with Crippen molar-refractivity contribution < 1.29 is 18.0 Å². The number of carbonyl (C=O) groups excluding carboxylic acids is 2. The Morgan fingerprint density at radius 3 is 2.30 bits per heavy atom. The Hall–Kier alpha value is -2.58. The molecule has 1 atom stereocenters. The number of benzene rings is 2. The van der Waals surface area contributed by atoms with Crippen molar-refractivity contribution in [1.82, 2.24) is 10.2 Å². The van der Waals surface area contributed by atoms with Crippen molar-refractivity contribution in [2.24, 2.45) is 0 Å². The topological polar surface area (TPSA) is 86.8 Å². The van der Waals surface area contributed by atoms with E-state index in [1.165, 1.54) is 11.9 Å². The van der Waals surface area contributed by atoms with Crippen molar-refractivity contribution in [2.45, 2.75) is 26.4 Å². The summed E-state index contributed by atoms with van der Waals surface area (Å²) in [5.74, 6) is -0.858. The number of carbonyl (C=O) groups is 2. The summed E-state index contributed by atoms with van der Waals surface area (Å²) in [6.07, 6.45) is 1.05. The first-order valence-electron chi connectivity index (χ1n) is 9.33. The number of sulfonamides is 1. The van der Waals surface area contributed by atoms with Gasteiger partial charge in [0.1, 0.15) is 12.6 Å². The normalized spacial score (nSPS) is 12.2. The minimum Gasteiger partial charge on any atom is -0.357 e. The van der Waals surface area contributed by atoms with E-state index in [2.05, 4.69) is 5.32 Å². The molecule has 162 valence electrons. The number of rotatable bonds is 8. The fourth-order valence-electron chi connectivity index (χ4n) is 2.95. The maximum absolute atomic E-state index is 13.2. The first-order chi connectivity index (χ1) is 14.0. The number of likely N-dealkylation sites (N-methyl/N-ethyl adjacent to an activating group) is 1. The van der Waals surface area contributed by atoms with E-state index in [9.17, 15) is 18.0 Å². The predicted molar refractivity (Wildman–Crippen MR) is 119 cm³/mol. The Balaban J connectivity index is 2.36. The molecule has 9 heteroatoms. The van der Waals surface area contributed by atoms with Crippen LogP contribution in [0.1, 0.15) is 18.1 Å². The van der Waals surface area contributed by atoms with E-state index in [0.29, 0.717) is 10.7 Å². The number of halogens is 1. The molecule has 0 radical (unpaired) electrons. The number of nitrogens with one attached hydrogen (secondary N) is 1. The van der Waals surface area contributed by atoms with E-state index in [-0.39, 0.29) is 12.5 Å². The van der Waals surface area contributed by atoms with Crippen LogP contribution in [0.15, 0.2) is 48.5 Å². The van der Waals surface area contributed by atoms with Crippen LogP contribution in [0, 0.1) is 6.92 Å². The number of amides is 2.